The Morgan fingerprint density at radius 2 is 2.10 bits per heavy atom. The molecule has 5 nitrogen and oxygen atoms in total. The summed E-state index contributed by atoms with van der Waals surface area (Å²) >= 11 is 0. The van der Waals surface area contributed by atoms with Gasteiger partial charge in [-0.15, -0.1) is 0 Å². The highest BCUT2D eigenvalue weighted by atomic mass is 16.5. The van der Waals surface area contributed by atoms with Crippen LogP contribution in [-0.2, 0) is 16.0 Å². The number of rotatable bonds is 4. The van der Waals surface area contributed by atoms with Crippen LogP contribution < -0.4 is 16.4 Å². The first kappa shape index (κ1) is 14.5. The molecule has 114 valence electrons. The van der Waals surface area contributed by atoms with Crippen molar-refractivity contribution >= 4 is 5.91 Å². The van der Waals surface area contributed by atoms with E-state index in [2.05, 4.69) is 16.7 Å². The van der Waals surface area contributed by atoms with Crippen LogP contribution in [-0.4, -0.2) is 37.7 Å². The summed E-state index contributed by atoms with van der Waals surface area (Å²) in [7, 11) is 0. The van der Waals surface area contributed by atoms with Crippen LogP contribution >= 0.6 is 0 Å². The average molecular weight is 289 g/mol. The molecule has 0 saturated carbocycles. The van der Waals surface area contributed by atoms with Gasteiger partial charge in [0, 0.05) is 0 Å². The number of hydrogen-bond donors (Lipinski definition) is 3. The molecule has 1 aliphatic carbocycles. The molecule has 1 aromatic rings. The first-order chi connectivity index (χ1) is 10.2. The first-order valence-electron chi connectivity index (χ1n) is 7.69. The second kappa shape index (κ2) is 6.56. The van der Waals surface area contributed by atoms with E-state index in [0.717, 1.165) is 37.9 Å². The van der Waals surface area contributed by atoms with Crippen molar-refractivity contribution in [2.45, 2.75) is 37.5 Å². The van der Waals surface area contributed by atoms with Gasteiger partial charge < -0.3 is 21.1 Å². The van der Waals surface area contributed by atoms with Gasteiger partial charge in [-0.3, -0.25) is 4.79 Å². The summed E-state index contributed by atoms with van der Waals surface area (Å²) in [6.45, 7) is 2.06. The minimum Gasteiger partial charge on any atom is -0.368 e. The molecule has 5 heteroatoms. The Bertz CT molecular complexity index is 500. The Hall–Kier alpha value is -1.43. The molecule has 1 saturated heterocycles. The van der Waals surface area contributed by atoms with Gasteiger partial charge in [0.05, 0.1) is 18.2 Å². The molecule has 0 radical (unpaired) electrons. The van der Waals surface area contributed by atoms with Gasteiger partial charge >= 0.3 is 0 Å². The zero-order valence-electron chi connectivity index (χ0n) is 12.2. The number of nitrogens with one attached hydrogen (secondary N) is 2. The van der Waals surface area contributed by atoms with Crippen molar-refractivity contribution in [2.75, 3.05) is 19.7 Å². The second-order valence-corrected chi connectivity index (χ2v) is 5.86. The van der Waals surface area contributed by atoms with E-state index in [-0.39, 0.29) is 30.7 Å². The van der Waals surface area contributed by atoms with Crippen LogP contribution in [0.2, 0.25) is 0 Å². The van der Waals surface area contributed by atoms with Crippen molar-refractivity contribution in [1.82, 2.24) is 10.6 Å². The molecule has 1 heterocycles. The van der Waals surface area contributed by atoms with Gasteiger partial charge in [0.1, 0.15) is 6.61 Å². The van der Waals surface area contributed by atoms with E-state index in [1.807, 2.05) is 18.2 Å². The third kappa shape index (κ3) is 3.43. The largest absolute Gasteiger partial charge is 0.368 e. The quantitative estimate of drug-likeness (QED) is 0.754. The number of benzene rings is 1. The molecule has 21 heavy (non-hydrogen) atoms. The van der Waals surface area contributed by atoms with Crippen LogP contribution in [0.1, 0.15) is 30.0 Å². The molecule has 3 rings (SSSR count). The van der Waals surface area contributed by atoms with E-state index in [0.29, 0.717) is 0 Å². The van der Waals surface area contributed by atoms with Crippen LogP contribution in [0.5, 0.6) is 0 Å². The number of piperidine rings is 1. The molecule has 1 fully saturated rings. The number of ether oxygens (including phenoxy) is 1. The Morgan fingerprint density at radius 3 is 2.86 bits per heavy atom. The van der Waals surface area contributed by atoms with Crippen molar-refractivity contribution in [1.29, 1.82) is 0 Å². The lowest BCUT2D eigenvalue weighted by atomic mass is 10.1. The zero-order valence-corrected chi connectivity index (χ0v) is 12.2. The third-order valence-electron chi connectivity index (χ3n) is 4.37. The van der Waals surface area contributed by atoms with Crippen molar-refractivity contribution < 1.29 is 9.53 Å². The monoisotopic (exact) mass is 289 g/mol. The lowest BCUT2D eigenvalue weighted by Gasteiger charge is -2.23. The van der Waals surface area contributed by atoms with E-state index in [1.54, 1.807) is 0 Å². The van der Waals surface area contributed by atoms with Gasteiger partial charge in [0.25, 0.3) is 0 Å². The maximum atomic E-state index is 12.0. The van der Waals surface area contributed by atoms with Crippen LogP contribution in [0, 0.1) is 0 Å². The number of carbonyl (C=O) groups is 1. The molecule has 1 aliphatic heterocycles. The van der Waals surface area contributed by atoms with Crippen LogP contribution in [0.25, 0.3) is 0 Å². The van der Waals surface area contributed by atoms with Crippen molar-refractivity contribution in [3.8, 4) is 0 Å². The normalized spacial score (nSPS) is 25.6. The Labute approximate surface area is 125 Å². The fourth-order valence-electron chi connectivity index (χ4n) is 3.17. The van der Waals surface area contributed by atoms with Crippen LogP contribution in [0.4, 0.5) is 0 Å². The SMILES string of the molecule is N[C@@H]1c2ccccc2C[C@H]1NC(=O)COC1CCNCC1. The number of hydrogen-bond acceptors (Lipinski definition) is 4. The Kier molecular flexibility index (Phi) is 4.53. The van der Waals surface area contributed by atoms with Crippen molar-refractivity contribution in [3.63, 3.8) is 0 Å². The van der Waals surface area contributed by atoms with Gasteiger partial charge in [-0.05, 0) is 43.5 Å². The summed E-state index contributed by atoms with van der Waals surface area (Å²) in [5, 5.41) is 6.29. The predicted octanol–water partition coefficient (Wildman–Crippen LogP) is 0.496. The van der Waals surface area contributed by atoms with Gasteiger partial charge in [-0.25, -0.2) is 0 Å². The average Bonchev–Trinajstić information content (AvgIpc) is 2.83. The van der Waals surface area contributed by atoms with Crippen LogP contribution in [0.3, 0.4) is 0 Å². The van der Waals surface area contributed by atoms with E-state index in [4.69, 9.17) is 10.5 Å². The summed E-state index contributed by atoms with van der Waals surface area (Å²) in [5.74, 6) is -0.0678. The Balaban J connectivity index is 1.47. The first-order valence-corrected chi connectivity index (χ1v) is 7.69. The van der Waals surface area contributed by atoms with E-state index >= 15 is 0 Å². The number of fused-ring (bicyclic) bond motifs is 1. The maximum absolute atomic E-state index is 12.0. The fourth-order valence-corrected chi connectivity index (χ4v) is 3.17. The van der Waals surface area contributed by atoms with Gasteiger partial charge in [-0.2, -0.15) is 0 Å². The number of nitrogens with two attached hydrogens (primary N) is 1. The predicted molar refractivity (Wildman–Crippen MR) is 80.8 cm³/mol. The molecule has 2 aliphatic rings. The zero-order chi connectivity index (χ0) is 14.7. The highest BCUT2D eigenvalue weighted by Crippen LogP contribution is 2.29. The summed E-state index contributed by atoms with van der Waals surface area (Å²) < 4.78 is 5.67. The van der Waals surface area contributed by atoms with E-state index < -0.39 is 0 Å². The maximum Gasteiger partial charge on any atom is 0.246 e. The smallest absolute Gasteiger partial charge is 0.246 e. The minimum absolute atomic E-state index is 0.0217. The molecule has 1 amide bonds. The molecule has 0 unspecified atom stereocenters. The van der Waals surface area contributed by atoms with Gasteiger partial charge in [0.15, 0.2) is 0 Å². The summed E-state index contributed by atoms with van der Waals surface area (Å²) in [6, 6.07) is 7.97. The highest BCUT2D eigenvalue weighted by Gasteiger charge is 2.30. The van der Waals surface area contributed by atoms with Crippen molar-refractivity contribution in [2.24, 2.45) is 5.73 Å². The topological polar surface area (TPSA) is 76.4 Å². The van der Waals surface area contributed by atoms with Crippen LogP contribution in [0.15, 0.2) is 24.3 Å². The van der Waals surface area contributed by atoms with Crippen molar-refractivity contribution in [3.05, 3.63) is 35.4 Å². The summed E-state index contributed by atoms with van der Waals surface area (Å²) in [4.78, 5) is 12.0. The lowest BCUT2D eigenvalue weighted by molar-refractivity contribution is -0.129. The number of carbonyl (C=O) groups excluding carboxylic acids is 1. The molecule has 4 N–H and O–H groups in total. The number of amides is 1. The Morgan fingerprint density at radius 1 is 1.33 bits per heavy atom. The molecule has 0 bridgehead atoms. The van der Waals surface area contributed by atoms with Gasteiger partial charge in [-0.1, -0.05) is 24.3 Å². The molecular formula is C16H23N3O2. The van der Waals surface area contributed by atoms with E-state index in [9.17, 15) is 4.79 Å². The fraction of sp³-hybridized carbons (Fsp3) is 0.562. The molecule has 1 aromatic carbocycles. The summed E-state index contributed by atoms with van der Waals surface area (Å²) in [6.07, 6.45) is 2.95. The minimum atomic E-state index is -0.121. The van der Waals surface area contributed by atoms with Gasteiger partial charge in [0.2, 0.25) is 5.91 Å². The highest BCUT2D eigenvalue weighted by molar-refractivity contribution is 5.77. The standard InChI is InChI=1S/C16H23N3O2/c17-16-13-4-2-1-3-11(13)9-14(16)19-15(20)10-21-12-5-7-18-8-6-12/h1-4,12,14,16,18H,5-10,17H2,(H,19,20)/t14-,16-/m1/s1. The third-order valence-corrected chi connectivity index (χ3v) is 4.37. The second-order valence-electron chi connectivity index (χ2n) is 5.86. The van der Waals surface area contributed by atoms with E-state index in [1.165, 1.54) is 5.56 Å². The molecule has 2 atom stereocenters. The molecule has 0 aromatic heterocycles. The lowest BCUT2D eigenvalue weighted by Crippen LogP contribution is -2.43. The molecule has 0 spiro atoms. The molecular weight excluding hydrogens is 266 g/mol. The summed E-state index contributed by atoms with van der Waals surface area (Å²) in [5.41, 5.74) is 8.59.